The van der Waals surface area contributed by atoms with Crippen LogP contribution in [-0.2, 0) is 0 Å². The minimum atomic E-state index is 0.226. The molecule has 0 bridgehead atoms. The van der Waals surface area contributed by atoms with E-state index in [0.29, 0.717) is 5.92 Å². The van der Waals surface area contributed by atoms with E-state index in [1.165, 1.54) is 82.0 Å². The van der Waals surface area contributed by atoms with Gasteiger partial charge in [0.25, 0.3) is 0 Å². The Bertz CT molecular complexity index is 2740. The van der Waals surface area contributed by atoms with Crippen molar-refractivity contribution >= 4 is 55.9 Å². The summed E-state index contributed by atoms with van der Waals surface area (Å²) in [5.74, 6) is 0.894. The van der Waals surface area contributed by atoms with E-state index >= 15 is 0 Å². The SMILES string of the molecule is CC(c1ccc(N(c2ccccc2)c2ccccc2)cc1)c1ccc(N(c2ccc(C3CCCCC3)cc2)c2ccc3c(c2)c2ccccc2n3-c2ccccc2)cc1. The Hall–Kier alpha value is -6.84. The smallest absolute Gasteiger partial charge is 0.0542 e. The van der Waals surface area contributed by atoms with Crippen molar-refractivity contribution in [2.45, 2.75) is 50.9 Å². The highest BCUT2D eigenvalue weighted by molar-refractivity contribution is 6.10. The monoisotopic (exact) mass is 763 g/mol. The van der Waals surface area contributed by atoms with Gasteiger partial charge in [-0.1, -0.05) is 135 Å². The zero-order valence-electron chi connectivity index (χ0n) is 33.7. The molecule has 10 rings (SSSR count). The van der Waals surface area contributed by atoms with Crippen molar-refractivity contribution in [3.63, 3.8) is 0 Å². The largest absolute Gasteiger partial charge is 0.311 e. The maximum Gasteiger partial charge on any atom is 0.0542 e. The number of hydrogen-bond acceptors (Lipinski definition) is 2. The molecule has 1 heterocycles. The zero-order valence-corrected chi connectivity index (χ0v) is 33.7. The second-order valence-corrected chi connectivity index (χ2v) is 16.1. The Labute approximate surface area is 348 Å². The van der Waals surface area contributed by atoms with Gasteiger partial charge in [0.2, 0.25) is 0 Å². The normalized spacial score (nSPS) is 13.7. The molecule has 3 heteroatoms. The van der Waals surface area contributed by atoms with Crippen molar-refractivity contribution < 1.29 is 0 Å². The molecule has 0 spiro atoms. The lowest BCUT2D eigenvalue weighted by Crippen LogP contribution is -2.11. The standard InChI is InChI=1S/C56H49N3/c1-41(42-26-32-49(33-27-42)57(46-18-8-3-9-19-46)47-20-10-4-11-21-47)43-28-34-50(35-29-43)58(51-36-30-45(31-37-51)44-16-6-2-7-17-44)52-38-39-56-54(40-52)53-24-14-15-25-55(53)59(56)48-22-12-5-13-23-48/h3-5,8-15,18-41,44H,2,6-7,16-17H2,1H3. The van der Waals surface area contributed by atoms with Gasteiger partial charge >= 0.3 is 0 Å². The summed E-state index contributed by atoms with van der Waals surface area (Å²) in [6.45, 7) is 2.31. The molecule has 0 saturated heterocycles. The van der Waals surface area contributed by atoms with Crippen LogP contribution in [0.4, 0.5) is 34.1 Å². The molecule has 59 heavy (non-hydrogen) atoms. The van der Waals surface area contributed by atoms with Gasteiger partial charge in [0.05, 0.1) is 11.0 Å². The Morgan fingerprint density at radius 1 is 0.407 bits per heavy atom. The second-order valence-electron chi connectivity index (χ2n) is 16.1. The van der Waals surface area contributed by atoms with Crippen LogP contribution in [-0.4, -0.2) is 4.57 Å². The van der Waals surface area contributed by atoms with Crippen LogP contribution in [0.3, 0.4) is 0 Å². The van der Waals surface area contributed by atoms with Crippen molar-refractivity contribution in [3.8, 4) is 5.69 Å². The fourth-order valence-corrected chi connectivity index (χ4v) is 9.35. The predicted octanol–water partition coefficient (Wildman–Crippen LogP) is 15.9. The third-order valence-corrected chi connectivity index (χ3v) is 12.5. The number of anilines is 6. The number of para-hydroxylation sites is 4. The Morgan fingerprint density at radius 2 is 0.847 bits per heavy atom. The van der Waals surface area contributed by atoms with Crippen LogP contribution in [0.25, 0.3) is 27.5 Å². The summed E-state index contributed by atoms with van der Waals surface area (Å²) >= 11 is 0. The highest BCUT2D eigenvalue weighted by atomic mass is 15.1. The number of rotatable bonds is 10. The summed E-state index contributed by atoms with van der Waals surface area (Å²) in [6, 6.07) is 75.5. The van der Waals surface area contributed by atoms with Crippen molar-refractivity contribution in [3.05, 3.63) is 223 Å². The average molecular weight is 764 g/mol. The highest BCUT2D eigenvalue weighted by Crippen LogP contribution is 2.42. The predicted molar refractivity (Wildman–Crippen MR) is 250 cm³/mol. The van der Waals surface area contributed by atoms with E-state index in [9.17, 15) is 0 Å². The molecular weight excluding hydrogens is 715 g/mol. The third-order valence-electron chi connectivity index (χ3n) is 12.5. The van der Waals surface area contributed by atoms with Crippen LogP contribution < -0.4 is 9.80 Å². The first kappa shape index (κ1) is 36.5. The third kappa shape index (κ3) is 7.19. The maximum absolute atomic E-state index is 2.43. The van der Waals surface area contributed by atoms with Crippen LogP contribution in [0.2, 0.25) is 0 Å². The Morgan fingerprint density at radius 3 is 1.42 bits per heavy atom. The molecule has 1 aliphatic carbocycles. The van der Waals surface area contributed by atoms with E-state index in [1.54, 1.807) is 0 Å². The summed E-state index contributed by atoms with van der Waals surface area (Å²) < 4.78 is 2.39. The van der Waals surface area contributed by atoms with Crippen molar-refractivity contribution in [1.82, 2.24) is 4.57 Å². The summed E-state index contributed by atoms with van der Waals surface area (Å²) in [6.07, 6.45) is 6.64. The van der Waals surface area contributed by atoms with Gasteiger partial charge in [0, 0.05) is 56.5 Å². The fourth-order valence-electron chi connectivity index (χ4n) is 9.35. The summed E-state index contributed by atoms with van der Waals surface area (Å²) in [5, 5.41) is 2.50. The lowest BCUT2D eigenvalue weighted by Gasteiger charge is -2.28. The minimum Gasteiger partial charge on any atom is -0.311 e. The van der Waals surface area contributed by atoms with Gasteiger partial charge in [-0.05, 0) is 133 Å². The molecule has 1 aromatic heterocycles. The van der Waals surface area contributed by atoms with E-state index in [4.69, 9.17) is 0 Å². The van der Waals surface area contributed by atoms with Gasteiger partial charge in [-0.2, -0.15) is 0 Å². The van der Waals surface area contributed by atoms with E-state index < -0.39 is 0 Å². The first-order chi connectivity index (χ1) is 29.2. The first-order valence-electron chi connectivity index (χ1n) is 21.3. The van der Waals surface area contributed by atoms with E-state index in [-0.39, 0.29) is 5.92 Å². The molecule has 1 aliphatic rings. The molecule has 0 N–H and O–H groups in total. The molecule has 1 unspecified atom stereocenters. The molecule has 0 amide bonds. The van der Waals surface area contributed by atoms with E-state index in [2.05, 4.69) is 228 Å². The van der Waals surface area contributed by atoms with Crippen molar-refractivity contribution in [1.29, 1.82) is 0 Å². The van der Waals surface area contributed by atoms with Gasteiger partial charge in [0.15, 0.2) is 0 Å². The van der Waals surface area contributed by atoms with Crippen molar-refractivity contribution in [2.24, 2.45) is 0 Å². The summed E-state index contributed by atoms with van der Waals surface area (Å²) in [5.41, 5.74) is 14.5. The molecule has 288 valence electrons. The fraction of sp³-hybridized carbons (Fsp3) is 0.143. The molecule has 8 aromatic carbocycles. The molecule has 1 fully saturated rings. The summed E-state index contributed by atoms with van der Waals surface area (Å²) in [4.78, 5) is 4.75. The molecule has 0 radical (unpaired) electrons. The molecule has 3 nitrogen and oxygen atoms in total. The Balaban J connectivity index is 1.00. The maximum atomic E-state index is 2.43. The minimum absolute atomic E-state index is 0.226. The van der Waals surface area contributed by atoms with Crippen LogP contribution >= 0.6 is 0 Å². The lowest BCUT2D eigenvalue weighted by atomic mass is 9.84. The topological polar surface area (TPSA) is 11.4 Å². The highest BCUT2D eigenvalue weighted by Gasteiger charge is 2.21. The van der Waals surface area contributed by atoms with Gasteiger partial charge in [-0.15, -0.1) is 0 Å². The molecular formula is C56H49N3. The van der Waals surface area contributed by atoms with E-state index in [1.807, 2.05) is 0 Å². The van der Waals surface area contributed by atoms with Crippen LogP contribution in [0.15, 0.2) is 206 Å². The lowest BCUT2D eigenvalue weighted by molar-refractivity contribution is 0.443. The summed E-state index contributed by atoms with van der Waals surface area (Å²) in [7, 11) is 0. The Kier molecular flexibility index (Phi) is 10.0. The molecule has 9 aromatic rings. The van der Waals surface area contributed by atoms with Crippen molar-refractivity contribution in [2.75, 3.05) is 9.80 Å². The molecule has 0 aliphatic heterocycles. The van der Waals surface area contributed by atoms with Crippen LogP contribution in [0.1, 0.15) is 67.6 Å². The number of aromatic nitrogens is 1. The quantitative estimate of drug-likeness (QED) is 0.137. The van der Waals surface area contributed by atoms with Crippen LogP contribution in [0, 0.1) is 0 Å². The molecule has 1 atom stereocenters. The van der Waals surface area contributed by atoms with Crippen LogP contribution in [0.5, 0.6) is 0 Å². The number of fused-ring (bicyclic) bond motifs is 3. The van der Waals surface area contributed by atoms with Gasteiger partial charge in [-0.25, -0.2) is 0 Å². The first-order valence-corrected chi connectivity index (χ1v) is 21.3. The average Bonchev–Trinajstić information content (AvgIpc) is 3.65. The second kappa shape index (κ2) is 16.2. The van der Waals surface area contributed by atoms with Gasteiger partial charge in [0.1, 0.15) is 0 Å². The number of nitrogens with zero attached hydrogens (tertiary/aromatic N) is 3. The zero-order chi connectivity index (χ0) is 39.5. The molecule has 1 saturated carbocycles. The van der Waals surface area contributed by atoms with Gasteiger partial charge in [-0.3, -0.25) is 0 Å². The number of benzene rings is 8. The number of hydrogen-bond donors (Lipinski definition) is 0. The van der Waals surface area contributed by atoms with Gasteiger partial charge < -0.3 is 14.4 Å². The van der Waals surface area contributed by atoms with E-state index in [0.717, 1.165) is 28.4 Å².